The van der Waals surface area contributed by atoms with Crippen molar-refractivity contribution in [2.75, 3.05) is 33.1 Å². The van der Waals surface area contributed by atoms with Crippen molar-refractivity contribution < 1.29 is 33.3 Å². The Kier molecular flexibility index (Phi) is 6.99. The molecule has 10 heteroatoms. The standard InChI is InChI=1S/C25H29N3O7/c1-4-32-18-8-6-16(12-20(18)33-5-2)10-11-26-22(29)14-28-23(30)25(3,27-24(28)31)17-7-9-19-21(13-17)35-15-34-19/h6-9,12-13H,4-5,10-11,14-15H2,1-3H3,(H,26,29)(H,27,31)/t25-/m0/s1. The highest BCUT2D eigenvalue weighted by atomic mass is 16.7. The molecule has 0 aromatic heterocycles. The number of benzene rings is 2. The second kappa shape index (κ2) is 10.1. The SMILES string of the molecule is CCOc1ccc(CCNC(=O)CN2C(=O)N[C@@](C)(c3ccc4c(c3)OCO4)C2=O)cc1OCC. The van der Waals surface area contributed by atoms with Gasteiger partial charge in [0, 0.05) is 6.54 Å². The van der Waals surface area contributed by atoms with Crippen LogP contribution >= 0.6 is 0 Å². The van der Waals surface area contributed by atoms with Crippen LogP contribution in [0.4, 0.5) is 4.79 Å². The average molecular weight is 484 g/mol. The molecule has 2 aliphatic heterocycles. The molecular formula is C25H29N3O7. The maximum Gasteiger partial charge on any atom is 0.325 e. The van der Waals surface area contributed by atoms with Crippen molar-refractivity contribution >= 4 is 17.8 Å². The molecule has 10 nitrogen and oxygen atoms in total. The van der Waals surface area contributed by atoms with E-state index in [0.717, 1.165) is 10.5 Å². The van der Waals surface area contributed by atoms with Gasteiger partial charge in [-0.1, -0.05) is 12.1 Å². The summed E-state index contributed by atoms with van der Waals surface area (Å²) < 4.78 is 21.9. The summed E-state index contributed by atoms with van der Waals surface area (Å²) in [5.74, 6) is 1.46. The zero-order valence-electron chi connectivity index (χ0n) is 20.0. The lowest BCUT2D eigenvalue weighted by Crippen LogP contribution is -2.43. The maximum atomic E-state index is 13.1. The molecule has 4 rings (SSSR count). The van der Waals surface area contributed by atoms with E-state index in [2.05, 4.69) is 10.6 Å². The van der Waals surface area contributed by atoms with E-state index in [-0.39, 0.29) is 13.3 Å². The molecule has 186 valence electrons. The average Bonchev–Trinajstić information content (AvgIpc) is 3.39. The number of hydrogen-bond acceptors (Lipinski definition) is 7. The van der Waals surface area contributed by atoms with Gasteiger partial charge in [0.25, 0.3) is 5.91 Å². The first-order chi connectivity index (χ1) is 16.9. The van der Waals surface area contributed by atoms with Crippen molar-refractivity contribution in [3.63, 3.8) is 0 Å². The predicted octanol–water partition coefficient (Wildman–Crippen LogP) is 2.34. The van der Waals surface area contributed by atoms with Gasteiger partial charge in [0.2, 0.25) is 12.7 Å². The Bertz CT molecular complexity index is 1140. The van der Waals surface area contributed by atoms with Crippen molar-refractivity contribution in [2.24, 2.45) is 0 Å². The first-order valence-electron chi connectivity index (χ1n) is 11.5. The van der Waals surface area contributed by atoms with Gasteiger partial charge in [0.05, 0.1) is 13.2 Å². The van der Waals surface area contributed by atoms with Crippen molar-refractivity contribution in [3.8, 4) is 23.0 Å². The van der Waals surface area contributed by atoms with Crippen LogP contribution in [-0.4, -0.2) is 55.8 Å². The lowest BCUT2D eigenvalue weighted by atomic mass is 9.91. The van der Waals surface area contributed by atoms with Gasteiger partial charge in [-0.2, -0.15) is 0 Å². The number of amides is 4. The van der Waals surface area contributed by atoms with Crippen LogP contribution in [0.2, 0.25) is 0 Å². The third-order valence-electron chi connectivity index (χ3n) is 5.87. The summed E-state index contributed by atoms with van der Waals surface area (Å²) >= 11 is 0. The first kappa shape index (κ1) is 24.2. The second-order valence-electron chi connectivity index (χ2n) is 8.26. The van der Waals surface area contributed by atoms with Crippen molar-refractivity contribution in [2.45, 2.75) is 32.7 Å². The van der Waals surface area contributed by atoms with Crippen molar-refractivity contribution in [1.29, 1.82) is 0 Å². The molecule has 2 aliphatic rings. The smallest absolute Gasteiger partial charge is 0.325 e. The Balaban J connectivity index is 1.34. The fourth-order valence-electron chi connectivity index (χ4n) is 4.04. The zero-order chi connectivity index (χ0) is 25.0. The van der Waals surface area contributed by atoms with E-state index < -0.39 is 23.4 Å². The summed E-state index contributed by atoms with van der Waals surface area (Å²) in [6, 6.07) is 10.1. The van der Waals surface area contributed by atoms with Crippen molar-refractivity contribution in [1.82, 2.24) is 15.5 Å². The van der Waals surface area contributed by atoms with Gasteiger partial charge in [-0.15, -0.1) is 0 Å². The molecule has 1 fully saturated rings. The Hall–Kier alpha value is -3.95. The molecule has 4 amide bonds. The molecule has 0 saturated carbocycles. The third kappa shape index (κ3) is 4.96. The Morgan fingerprint density at radius 3 is 2.57 bits per heavy atom. The number of ether oxygens (including phenoxy) is 4. The number of carbonyl (C=O) groups excluding carboxylic acids is 3. The number of hydrogen-bond donors (Lipinski definition) is 2. The Morgan fingerprint density at radius 1 is 1.06 bits per heavy atom. The molecule has 1 saturated heterocycles. The van der Waals surface area contributed by atoms with Gasteiger partial charge in [-0.25, -0.2) is 4.79 Å². The van der Waals surface area contributed by atoms with Gasteiger partial charge in [-0.3, -0.25) is 14.5 Å². The van der Waals surface area contributed by atoms with E-state index in [9.17, 15) is 14.4 Å². The van der Waals surface area contributed by atoms with Crippen LogP contribution in [0.15, 0.2) is 36.4 Å². The molecular weight excluding hydrogens is 454 g/mol. The van der Waals surface area contributed by atoms with Gasteiger partial charge in [0.15, 0.2) is 23.0 Å². The third-order valence-corrected chi connectivity index (χ3v) is 5.87. The van der Waals surface area contributed by atoms with Crippen LogP contribution in [-0.2, 0) is 21.5 Å². The molecule has 0 unspecified atom stereocenters. The van der Waals surface area contributed by atoms with E-state index >= 15 is 0 Å². The van der Waals surface area contributed by atoms with Crippen LogP contribution in [0, 0.1) is 0 Å². The summed E-state index contributed by atoms with van der Waals surface area (Å²) in [6.45, 7) is 6.51. The number of nitrogens with zero attached hydrogens (tertiary/aromatic N) is 1. The van der Waals surface area contributed by atoms with Crippen LogP contribution in [0.25, 0.3) is 0 Å². The molecule has 0 aliphatic carbocycles. The highest BCUT2D eigenvalue weighted by molar-refractivity contribution is 6.09. The van der Waals surface area contributed by atoms with E-state index in [1.165, 1.54) is 0 Å². The molecule has 0 spiro atoms. The zero-order valence-corrected chi connectivity index (χ0v) is 20.0. The predicted molar refractivity (Wildman–Crippen MR) is 126 cm³/mol. The van der Waals surface area contributed by atoms with E-state index in [1.807, 2.05) is 32.0 Å². The minimum Gasteiger partial charge on any atom is -0.490 e. The summed E-state index contributed by atoms with van der Waals surface area (Å²) in [7, 11) is 0. The van der Waals surface area contributed by atoms with E-state index in [1.54, 1.807) is 25.1 Å². The van der Waals surface area contributed by atoms with E-state index in [4.69, 9.17) is 18.9 Å². The first-order valence-corrected chi connectivity index (χ1v) is 11.5. The van der Waals surface area contributed by atoms with Gasteiger partial charge < -0.3 is 29.6 Å². The van der Waals surface area contributed by atoms with E-state index in [0.29, 0.717) is 54.7 Å². The number of nitrogens with one attached hydrogen (secondary N) is 2. The van der Waals surface area contributed by atoms with Crippen LogP contribution in [0.5, 0.6) is 23.0 Å². The molecule has 35 heavy (non-hydrogen) atoms. The molecule has 2 N–H and O–H groups in total. The summed E-state index contributed by atoms with van der Waals surface area (Å²) in [5.41, 5.74) is 0.197. The highest BCUT2D eigenvalue weighted by Gasteiger charge is 2.49. The lowest BCUT2D eigenvalue weighted by molar-refractivity contribution is -0.134. The number of carbonyl (C=O) groups is 3. The molecule has 0 bridgehead atoms. The lowest BCUT2D eigenvalue weighted by Gasteiger charge is -2.22. The molecule has 2 aromatic carbocycles. The number of imide groups is 1. The highest BCUT2D eigenvalue weighted by Crippen LogP contribution is 2.37. The topological polar surface area (TPSA) is 115 Å². The molecule has 1 atom stereocenters. The maximum absolute atomic E-state index is 13.1. The van der Waals surface area contributed by atoms with Crippen LogP contribution in [0.1, 0.15) is 31.9 Å². The monoisotopic (exact) mass is 483 g/mol. The Labute approximate surface area is 203 Å². The van der Waals surface area contributed by atoms with Crippen LogP contribution < -0.4 is 29.6 Å². The summed E-state index contributed by atoms with van der Waals surface area (Å²) in [4.78, 5) is 39.1. The van der Waals surface area contributed by atoms with Gasteiger partial charge in [0.1, 0.15) is 12.1 Å². The van der Waals surface area contributed by atoms with Crippen LogP contribution in [0.3, 0.4) is 0 Å². The van der Waals surface area contributed by atoms with Crippen molar-refractivity contribution in [3.05, 3.63) is 47.5 Å². The summed E-state index contributed by atoms with van der Waals surface area (Å²) in [5, 5.41) is 5.46. The fourth-order valence-corrected chi connectivity index (χ4v) is 4.04. The number of rotatable bonds is 10. The number of urea groups is 1. The minimum atomic E-state index is -1.31. The fraction of sp³-hybridized carbons (Fsp3) is 0.400. The number of fused-ring (bicyclic) bond motifs is 1. The summed E-state index contributed by atoms with van der Waals surface area (Å²) in [6.07, 6.45) is 0.549. The molecule has 0 radical (unpaired) electrons. The normalized spacial score (nSPS) is 18.4. The second-order valence-corrected chi connectivity index (χ2v) is 8.26. The largest absolute Gasteiger partial charge is 0.490 e. The quantitative estimate of drug-likeness (QED) is 0.499. The minimum absolute atomic E-state index is 0.103. The molecule has 2 heterocycles. The van der Waals surface area contributed by atoms with Gasteiger partial charge >= 0.3 is 6.03 Å². The Morgan fingerprint density at radius 2 is 1.80 bits per heavy atom. The molecule has 2 aromatic rings. The van der Waals surface area contributed by atoms with Gasteiger partial charge in [-0.05, 0) is 62.6 Å².